The molecule has 7 heteroatoms. The molecule has 0 amide bonds. The van der Waals surface area contributed by atoms with Gasteiger partial charge in [0, 0.05) is 17.0 Å². The van der Waals surface area contributed by atoms with E-state index in [1.165, 1.54) is 28.5 Å². The molecule has 0 unspecified atom stereocenters. The molecule has 0 aliphatic heterocycles. The smallest absolute Gasteiger partial charge is 0.267 e. The first-order valence-electron chi connectivity index (χ1n) is 8.54. The van der Waals surface area contributed by atoms with Crippen molar-refractivity contribution in [3.63, 3.8) is 0 Å². The lowest BCUT2D eigenvalue weighted by atomic mass is 10.2. The molecular formula is C21H15ClFN3OS. The Bertz CT molecular complexity index is 1220. The molecule has 0 aliphatic rings. The Morgan fingerprint density at radius 3 is 2.71 bits per heavy atom. The number of hydrogen-bond donors (Lipinski definition) is 0. The number of aryl methyl sites for hydroxylation is 1. The molecule has 0 aliphatic carbocycles. The average molecular weight is 412 g/mol. The standard InChI is InChI=1S/C21H15ClFN3OS/c1-13-6-9-19(24-11-13)26-20(27)16-4-2-3-5-18(16)25-21(26)28-12-14-7-8-15(23)10-17(14)22/h2-11H,12H2,1H3. The predicted molar refractivity (Wildman–Crippen MR) is 111 cm³/mol. The number of rotatable bonds is 4. The van der Waals surface area contributed by atoms with Crippen LogP contribution in [-0.2, 0) is 5.75 Å². The first kappa shape index (κ1) is 18.7. The molecular weight excluding hydrogens is 397 g/mol. The molecule has 2 aromatic carbocycles. The second kappa shape index (κ2) is 7.73. The molecule has 4 nitrogen and oxygen atoms in total. The van der Waals surface area contributed by atoms with Crippen LogP contribution in [0.1, 0.15) is 11.1 Å². The Labute approximate surface area is 170 Å². The number of thioether (sulfide) groups is 1. The van der Waals surface area contributed by atoms with Gasteiger partial charge in [0.05, 0.1) is 10.9 Å². The Kier molecular flexibility index (Phi) is 5.15. The molecule has 0 bridgehead atoms. The molecule has 0 atom stereocenters. The number of nitrogens with zero attached hydrogens (tertiary/aromatic N) is 3. The minimum absolute atomic E-state index is 0.186. The molecule has 0 saturated heterocycles. The number of fused-ring (bicyclic) bond motifs is 1. The molecule has 2 heterocycles. The summed E-state index contributed by atoms with van der Waals surface area (Å²) in [6.07, 6.45) is 1.71. The van der Waals surface area contributed by atoms with Crippen LogP contribution in [-0.4, -0.2) is 14.5 Å². The van der Waals surface area contributed by atoms with E-state index in [9.17, 15) is 9.18 Å². The van der Waals surface area contributed by atoms with Crippen molar-refractivity contribution in [2.45, 2.75) is 17.8 Å². The SMILES string of the molecule is Cc1ccc(-n2c(SCc3ccc(F)cc3Cl)nc3ccccc3c2=O)nc1. The van der Waals surface area contributed by atoms with Gasteiger partial charge in [0.25, 0.3) is 5.56 Å². The Morgan fingerprint density at radius 2 is 1.96 bits per heavy atom. The third-order valence-electron chi connectivity index (χ3n) is 4.24. The van der Waals surface area contributed by atoms with Gasteiger partial charge in [0.15, 0.2) is 5.16 Å². The minimum atomic E-state index is -0.386. The fourth-order valence-electron chi connectivity index (χ4n) is 2.78. The van der Waals surface area contributed by atoms with E-state index in [1.54, 1.807) is 30.5 Å². The molecule has 0 fully saturated rings. The number of benzene rings is 2. The normalized spacial score (nSPS) is 11.1. The Balaban J connectivity index is 1.82. The fraction of sp³-hybridized carbons (Fsp3) is 0.0952. The van der Waals surface area contributed by atoms with E-state index < -0.39 is 0 Å². The van der Waals surface area contributed by atoms with E-state index in [-0.39, 0.29) is 11.4 Å². The van der Waals surface area contributed by atoms with Gasteiger partial charge in [0.2, 0.25) is 0 Å². The topological polar surface area (TPSA) is 47.8 Å². The van der Waals surface area contributed by atoms with Gasteiger partial charge in [0.1, 0.15) is 11.6 Å². The summed E-state index contributed by atoms with van der Waals surface area (Å²) in [7, 11) is 0. The van der Waals surface area contributed by atoms with Gasteiger partial charge in [-0.2, -0.15) is 0 Å². The van der Waals surface area contributed by atoms with E-state index in [0.717, 1.165) is 11.1 Å². The van der Waals surface area contributed by atoms with Crippen LogP contribution < -0.4 is 5.56 Å². The zero-order valence-electron chi connectivity index (χ0n) is 14.9. The van der Waals surface area contributed by atoms with Gasteiger partial charge >= 0.3 is 0 Å². The molecule has 0 saturated carbocycles. The highest BCUT2D eigenvalue weighted by Gasteiger charge is 2.15. The monoisotopic (exact) mass is 411 g/mol. The molecule has 0 radical (unpaired) electrons. The first-order valence-corrected chi connectivity index (χ1v) is 9.91. The van der Waals surface area contributed by atoms with Gasteiger partial charge in [-0.15, -0.1) is 0 Å². The van der Waals surface area contributed by atoms with E-state index in [2.05, 4.69) is 9.97 Å². The highest BCUT2D eigenvalue weighted by atomic mass is 35.5. The molecule has 140 valence electrons. The molecule has 0 spiro atoms. The van der Waals surface area contributed by atoms with E-state index in [0.29, 0.717) is 32.7 Å². The molecule has 2 aromatic heterocycles. The Morgan fingerprint density at radius 1 is 1.14 bits per heavy atom. The van der Waals surface area contributed by atoms with Crippen molar-refractivity contribution in [1.82, 2.24) is 14.5 Å². The average Bonchev–Trinajstić information content (AvgIpc) is 2.68. The van der Waals surface area contributed by atoms with Crippen LogP contribution in [0.5, 0.6) is 0 Å². The Hall–Kier alpha value is -2.70. The number of halogens is 2. The minimum Gasteiger partial charge on any atom is -0.268 e. The van der Waals surface area contributed by atoms with Crippen LogP contribution in [0.25, 0.3) is 16.7 Å². The third kappa shape index (κ3) is 3.66. The van der Waals surface area contributed by atoms with Crippen LogP contribution in [0.2, 0.25) is 5.02 Å². The highest BCUT2D eigenvalue weighted by Crippen LogP contribution is 2.27. The van der Waals surface area contributed by atoms with Crippen molar-refractivity contribution >= 4 is 34.3 Å². The van der Waals surface area contributed by atoms with Gasteiger partial charge < -0.3 is 0 Å². The summed E-state index contributed by atoms with van der Waals surface area (Å²) in [5.74, 6) is 0.556. The highest BCUT2D eigenvalue weighted by molar-refractivity contribution is 7.98. The first-order chi connectivity index (χ1) is 13.5. The van der Waals surface area contributed by atoms with Crippen molar-refractivity contribution in [3.8, 4) is 5.82 Å². The van der Waals surface area contributed by atoms with Crippen LogP contribution in [0, 0.1) is 12.7 Å². The van der Waals surface area contributed by atoms with Crippen LogP contribution >= 0.6 is 23.4 Å². The molecule has 0 N–H and O–H groups in total. The van der Waals surface area contributed by atoms with Crippen LogP contribution in [0.4, 0.5) is 4.39 Å². The van der Waals surface area contributed by atoms with E-state index in [4.69, 9.17) is 11.6 Å². The zero-order valence-corrected chi connectivity index (χ0v) is 16.5. The lowest BCUT2D eigenvalue weighted by Gasteiger charge is -2.13. The van der Waals surface area contributed by atoms with E-state index in [1.807, 2.05) is 25.1 Å². The number of aromatic nitrogens is 3. The quantitative estimate of drug-likeness (QED) is 0.343. The van der Waals surface area contributed by atoms with Gasteiger partial charge in [-0.1, -0.05) is 47.6 Å². The molecule has 28 heavy (non-hydrogen) atoms. The summed E-state index contributed by atoms with van der Waals surface area (Å²) >= 11 is 7.49. The van der Waals surface area contributed by atoms with Crippen molar-refractivity contribution in [1.29, 1.82) is 0 Å². The van der Waals surface area contributed by atoms with Crippen molar-refractivity contribution in [2.24, 2.45) is 0 Å². The molecule has 4 rings (SSSR count). The third-order valence-corrected chi connectivity index (χ3v) is 5.58. The molecule has 4 aromatic rings. The summed E-state index contributed by atoms with van der Waals surface area (Å²) in [6, 6.07) is 15.2. The van der Waals surface area contributed by atoms with Gasteiger partial charge in [-0.3, -0.25) is 4.79 Å². The summed E-state index contributed by atoms with van der Waals surface area (Å²) in [4.78, 5) is 22.2. The van der Waals surface area contributed by atoms with Crippen molar-refractivity contribution < 1.29 is 4.39 Å². The maximum Gasteiger partial charge on any atom is 0.267 e. The summed E-state index contributed by atoms with van der Waals surface area (Å²) in [5, 5.41) is 1.37. The second-order valence-electron chi connectivity index (χ2n) is 6.27. The van der Waals surface area contributed by atoms with Gasteiger partial charge in [-0.05, 0) is 48.4 Å². The van der Waals surface area contributed by atoms with E-state index >= 15 is 0 Å². The van der Waals surface area contributed by atoms with Crippen LogP contribution in [0.3, 0.4) is 0 Å². The summed E-state index contributed by atoms with van der Waals surface area (Å²) < 4.78 is 14.8. The lowest BCUT2D eigenvalue weighted by Crippen LogP contribution is -2.22. The largest absolute Gasteiger partial charge is 0.268 e. The summed E-state index contributed by atoms with van der Waals surface area (Å²) in [6.45, 7) is 1.93. The summed E-state index contributed by atoms with van der Waals surface area (Å²) in [5.41, 5.74) is 2.19. The fourth-order valence-corrected chi connectivity index (χ4v) is 4.10. The maximum atomic E-state index is 13.3. The maximum absolute atomic E-state index is 13.3. The van der Waals surface area contributed by atoms with Gasteiger partial charge in [-0.25, -0.2) is 18.9 Å². The van der Waals surface area contributed by atoms with Crippen LogP contribution in [0.15, 0.2) is 70.7 Å². The predicted octanol–water partition coefficient (Wildman–Crippen LogP) is 5.17. The lowest BCUT2D eigenvalue weighted by molar-refractivity contribution is 0.627. The van der Waals surface area contributed by atoms with Crippen molar-refractivity contribution in [2.75, 3.05) is 0 Å². The number of pyridine rings is 1. The number of para-hydroxylation sites is 1. The zero-order chi connectivity index (χ0) is 19.7. The number of hydrogen-bond acceptors (Lipinski definition) is 4. The second-order valence-corrected chi connectivity index (χ2v) is 7.62. The van der Waals surface area contributed by atoms with Crippen molar-refractivity contribution in [3.05, 3.63) is 93.1 Å².